The van der Waals surface area contributed by atoms with Gasteiger partial charge in [0.1, 0.15) is 6.04 Å². The third kappa shape index (κ3) is 5.50. The van der Waals surface area contributed by atoms with Crippen molar-refractivity contribution in [1.82, 2.24) is 10.2 Å². The monoisotopic (exact) mass is 436 g/mol. The third-order valence-corrected chi connectivity index (χ3v) is 6.00. The van der Waals surface area contributed by atoms with E-state index in [4.69, 9.17) is 0 Å². The lowest BCUT2D eigenvalue weighted by atomic mass is 10.1. The van der Waals surface area contributed by atoms with Crippen LogP contribution in [-0.2, 0) is 28.7 Å². The first-order chi connectivity index (χ1) is 14.3. The lowest BCUT2D eigenvalue weighted by Gasteiger charge is -2.30. The number of benzene rings is 1. The van der Waals surface area contributed by atoms with Gasteiger partial charge in [0.05, 0.1) is 5.56 Å². The molecule has 160 valence electrons. The Morgan fingerprint density at radius 2 is 1.97 bits per heavy atom. The molecule has 1 aliphatic rings. The van der Waals surface area contributed by atoms with Crippen molar-refractivity contribution in [2.45, 2.75) is 44.9 Å². The lowest BCUT2D eigenvalue weighted by Crippen LogP contribution is -2.49. The van der Waals surface area contributed by atoms with E-state index in [0.717, 1.165) is 30.5 Å². The van der Waals surface area contributed by atoms with E-state index >= 15 is 0 Å². The van der Waals surface area contributed by atoms with E-state index in [1.165, 1.54) is 29.2 Å². The Kier molecular flexibility index (Phi) is 6.97. The maximum atomic E-state index is 12.9. The first kappa shape index (κ1) is 22.1. The van der Waals surface area contributed by atoms with Crippen molar-refractivity contribution in [1.29, 1.82) is 0 Å². The summed E-state index contributed by atoms with van der Waals surface area (Å²) < 4.78 is 37.9. The second kappa shape index (κ2) is 9.47. The molecule has 1 N–H and O–H groups in total. The molecule has 1 unspecified atom stereocenters. The highest BCUT2D eigenvalue weighted by Gasteiger charge is 2.30. The van der Waals surface area contributed by atoms with Crippen molar-refractivity contribution >= 4 is 29.2 Å². The van der Waals surface area contributed by atoms with Gasteiger partial charge in [-0.2, -0.15) is 13.2 Å². The predicted molar refractivity (Wildman–Crippen MR) is 111 cm³/mol. The van der Waals surface area contributed by atoms with E-state index < -0.39 is 23.7 Å². The summed E-state index contributed by atoms with van der Waals surface area (Å²) in [6.45, 7) is 3.12. The maximum Gasteiger partial charge on any atom is 0.416 e. The highest BCUT2D eigenvalue weighted by molar-refractivity contribution is 7.10. The van der Waals surface area contributed by atoms with Gasteiger partial charge in [-0.15, -0.1) is 11.3 Å². The molecule has 0 radical (unpaired) electrons. The van der Waals surface area contributed by atoms with Gasteiger partial charge in [-0.25, -0.2) is 0 Å². The number of fused-ring (bicyclic) bond motifs is 1. The molecule has 2 aromatic rings. The van der Waals surface area contributed by atoms with E-state index in [1.807, 2.05) is 18.4 Å². The van der Waals surface area contributed by atoms with E-state index in [9.17, 15) is 22.8 Å². The fraction of sp³-hybridized carbons (Fsp3) is 0.364. The molecule has 1 atom stereocenters. The fourth-order valence-electron chi connectivity index (χ4n) is 3.38. The van der Waals surface area contributed by atoms with Crippen LogP contribution < -0.4 is 5.32 Å². The topological polar surface area (TPSA) is 49.4 Å². The minimum Gasteiger partial charge on any atom is -0.341 e. The molecule has 1 aliphatic heterocycles. The number of thiophene rings is 1. The third-order valence-electron chi connectivity index (χ3n) is 4.98. The molecule has 0 saturated heterocycles. The van der Waals surface area contributed by atoms with Crippen LogP contribution in [0.1, 0.15) is 41.3 Å². The molecule has 4 nitrogen and oxygen atoms in total. The standard InChI is InChI=1S/C22H23F3N2O2S/c1-2-3-18(21(29)27-12-10-19-16(14-27)11-13-30-19)26-20(28)9-6-15-4-7-17(8-5-15)22(23,24)25/h4-9,11,13,18H,2-3,10,12,14H2,1H3,(H,26,28)/b9-6+. The maximum absolute atomic E-state index is 12.9. The van der Waals surface area contributed by atoms with Gasteiger partial charge in [-0.3, -0.25) is 9.59 Å². The zero-order valence-corrected chi connectivity index (χ0v) is 17.4. The molecular formula is C22H23F3N2O2S. The SMILES string of the molecule is CCCC(NC(=O)/C=C/c1ccc(C(F)(F)F)cc1)C(=O)N1CCc2sccc2C1. The zero-order valence-electron chi connectivity index (χ0n) is 16.5. The molecule has 1 aromatic carbocycles. The van der Waals surface area contributed by atoms with Crippen LogP contribution in [0, 0.1) is 0 Å². The highest BCUT2D eigenvalue weighted by atomic mass is 32.1. The molecule has 0 bridgehead atoms. The molecule has 0 aliphatic carbocycles. The van der Waals surface area contributed by atoms with Crippen LogP contribution >= 0.6 is 11.3 Å². The van der Waals surface area contributed by atoms with Gasteiger partial charge in [0.15, 0.2) is 0 Å². The highest BCUT2D eigenvalue weighted by Crippen LogP contribution is 2.29. The van der Waals surface area contributed by atoms with Crippen LogP contribution in [0.25, 0.3) is 6.08 Å². The van der Waals surface area contributed by atoms with Crippen molar-refractivity contribution in [3.05, 3.63) is 63.4 Å². The number of halogens is 3. The number of carbonyl (C=O) groups excluding carboxylic acids is 2. The molecule has 8 heteroatoms. The summed E-state index contributed by atoms with van der Waals surface area (Å²) in [7, 11) is 0. The van der Waals surface area contributed by atoms with Crippen LogP contribution in [0.4, 0.5) is 13.2 Å². The molecule has 2 amide bonds. The van der Waals surface area contributed by atoms with Crippen molar-refractivity contribution in [2.24, 2.45) is 0 Å². The Morgan fingerprint density at radius 1 is 1.23 bits per heavy atom. The van der Waals surface area contributed by atoms with E-state index in [0.29, 0.717) is 25.1 Å². The smallest absolute Gasteiger partial charge is 0.341 e. The number of alkyl halides is 3. The fourth-order valence-corrected chi connectivity index (χ4v) is 4.27. The van der Waals surface area contributed by atoms with E-state index in [1.54, 1.807) is 16.2 Å². The number of nitrogens with one attached hydrogen (secondary N) is 1. The second-order valence-electron chi connectivity index (χ2n) is 7.18. The summed E-state index contributed by atoms with van der Waals surface area (Å²) in [5.74, 6) is -0.556. The summed E-state index contributed by atoms with van der Waals surface area (Å²) in [6, 6.07) is 5.94. The first-order valence-electron chi connectivity index (χ1n) is 9.77. The largest absolute Gasteiger partial charge is 0.416 e. The Morgan fingerprint density at radius 3 is 2.63 bits per heavy atom. The number of nitrogens with zero attached hydrogens (tertiary/aromatic N) is 1. The minimum atomic E-state index is -4.40. The molecule has 30 heavy (non-hydrogen) atoms. The Bertz CT molecular complexity index is 919. The van der Waals surface area contributed by atoms with Gasteiger partial charge in [0, 0.05) is 24.0 Å². The normalized spacial score (nSPS) is 15.1. The Balaban J connectivity index is 1.61. The van der Waals surface area contributed by atoms with Crippen LogP contribution in [0.5, 0.6) is 0 Å². The van der Waals surface area contributed by atoms with Gasteiger partial charge in [0.2, 0.25) is 11.8 Å². The van der Waals surface area contributed by atoms with Crippen molar-refractivity contribution in [3.8, 4) is 0 Å². The van der Waals surface area contributed by atoms with E-state index in [-0.39, 0.29) is 5.91 Å². The summed E-state index contributed by atoms with van der Waals surface area (Å²) in [5, 5.41) is 4.77. The van der Waals surface area contributed by atoms with Gasteiger partial charge < -0.3 is 10.2 Å². The average molecular weight is 436 g/mol. The van der Waals surface area contributed by atoms with E-state index in [2.05, 4.69) is 5.32 Å². The number of hydrogen-bond acceptors (Lipinski definition) is 3. The summed E-state index contributed by atoms with van der Waals surface area (Å²) in [5.41, 5.74) is 0.883. The molecule has 1 aromatic heterocycles. The number of amides is 2. The van der Waals surface area contributed by atoms with Crippen molar-refractivity contribution in [3.63, 3.8) is 0 Å². The van der Waals surface area contributed by atoms with Gasteiger partial charge in [-0.1, -0.05) is 25.5 Å². The summed E-state index contributed by atoms with van der Waals surface area (Å²) in [4.78, 5) is 28.3. The van der Waals surface area contributed by atoms with Crippen molar-refractivity contribution in [2.75, 3.05) is 6.54 Å². The molecule has 0 fully saturated rings. The molecular weight excluding hydrogens is 413 g/mol. The average Bonchev–Trinajstić information content (AvgIpc) is 3.19. The lowest BCUT2D eigenvalue weighted by molar-refractivity contribution is -0.137. The van der Waals surface area contributed by atoms with Gasteiger partial charge in [-0.05, 0) is 53.6 Å². The van der Waals surface area contributed by atoms with Crippen molar-refractivity contribution < 1.29 is 22.8 Å². The Labute approximate surface area is 177 Å². The molecule has 2 heterocycles. The van der Waals surface area contributed by atoms with Crippen LogP contribution in [0.3, 0.4) is 0 Å². The summed E-state index contributed by atoms with van der Waals surface area (Å²) >= 11 is 1.70. The van der Waals surface area contributed by atoms with Gasteiger partial charge in [0.25, 0.3) is 0 Å². The second-order valence-corrected chi connectivity index (χ2v) is 8.18. The minimum absolute atomic E-state index is 0.106. The molecule has 3 rings (SSSR count). The van der Waals surface area contributed by atoms with Gasteiger partial charge >= 0.3 is 6.18 Å². The zero-order chi connectivity index (χ0) is 21.7. The molecule has 0 saturated carbocycles. The predicted octanol–water partition coefficient (Wildman–Crippen LogP) is 4.65. The van der Waals surface area contributed by atoms with Crippen LogP contribution in [-0.4, -0.2) is 29.3 Å². The van der Waals surface area contributed by atoms with Crippen LogP contribution in [0.2, 0.25) is 0 Å². The summed E-state index contributed by atoms with van der Waals surface area (Å²) in [6.07, 6.45) is 0.348. The number of hydrogen-bond donors (Lipinski definition) is 1. The van der Waals surface area contributed by atoms with Crippen LogP contribution in [0.15, 0.2) is 41.8 Å². The molecule has 0 spiro atoms. The number of rotatable bonds is 6. The number of carbonyl (C=O) groups is 2. The first-order valence-corrected chi connectivity index (χ1v) is 10.7. The quantitative estimate of drug-likeness (QED) is 0.670. The Hall–Kier alpha value is -2.61.